The Morgan fingerprint density at radius 1 is 0.706 bits per heavy atom. The molecule has 0 aliphatic heterocycles. The molecular weight excluding hydrogens is 542 g/mol. The van der Waals surface area contributed by atoms with Gasteiger partial charge in [-0.25, -0.2) is 10.2 Å². The van der Waals surface area contributed by atoms with Crippen molar-refractivity contribution in [3.63, 3.8) is 0 Å². The number of alkyl halides is 3. The van der Waals surface area contributed by atoms with Crippen LogP contribution in [0.2, 0.25) is 8.87 Å². The standard InChI is InChI=1S/2C10H13.C7H4F3.CHNO.Sn/c2*1-10(2,3)9-7-5-4-6-8-9;8-7(9,10)6-4-2-1-3-5-6;2-1-3;/h2*4-8H,1H2,2-3H3;1-4H;2H;. The molecule has 0 unspecified atom stereocenters. The maximum atomic E-state index is 14.0. The molecule has 0 aromatic heterocycles. The van der Waals surface area contributed by atoms with E-state index in [-0.39, 0.29) is 10.8 Å². The molecule has 0 saturated heterocycles. The summed E-state index contributed by atoms with van der Waals surface area (Å²) in [6.45, 7) is 8.70. The summed E-state index contributed by atoms with van der Waals surface area (Å²) in [6.07, 6.45) is -3.57. The zero-order valence-electron chi connectivity index (χ0n) is 20.0. The van der Waals surface area contributed by atoms with E-state index in [0.717, 1.165) is 15.0 Å². The molecular formula is C28H31F3NOSn. The van der Waals surface area contributed by atoms with Gasteiger partial charge in [0, 0.05) is 0 Å². The van der Waals surface area contributed by atoms with Gasteiger partial charge in [-0.15, -0.1) is 0 Å². The van der Waals surface area contributed by atoms with E-state index in [1.807, 2.05) is 36.4 Å². The van der Waals surface area contributed by atoms with Gasteiger partial charge >= 0.3 is 192 Å². The van der Waals surface area contributed by atoms with Crippen LogP contribution in [0.25, 0.3) is 0 Å². The Hall–Kier alpha value is -2.37. The summed E-state index contributed by atoms with van der Waals surface area (Å²) in [5, 5.41) is 5.40. The number of rotatable bonds is 7. The van der Waals surface area contributed by atoms with Gasteiger partial charge in [-0.3, -0.25) is 0 Å². The van der Waals surface area contributed by atoms with Gasteiger partial charge in [-0.05, 0) is 0 Å². The first kappa shape index (κ1) is 27.9. The zero-order chi connectivity index (χ0) is 25.4. The number of isocyanates is 1. The first-order valence-electron chi connectivity index (χ1n) is 11.1. The molecule has 179 valence electrons. The summed E-state index contributed by atoms with van der Waals surface area (Å²) >= 11 is -2.79. The monoisotopic (exact) mass is 574 g/mol. The molecule has 6 heteroatoms. The van der Waals surface area contributed by atoms with Gasteiger partial charge in [0.25, 0.3) is 0 Å². The summed E-state index contributed by atoms with van der Waals surface area (Å²) < 4.78 is 44.1. The normalized spacial score (nSPS) is 12.0. The van der Waals surface area contributed by atoms with Gasteiger partial charge in [0.15, 0.2) is 0 Å². The van der Waals surface area contributed by atoms with Crippen molar-refractivity contribution >= 4 is 29.4 Å². The molecule has 0 spiro atoms. The van der Waals surface area contributed by atoms with Crippen LogP contribution in [0.3, 0.4) is 0 Å². The molecule has 1 N–H and O–H groups in total. The number of carbonyl (C=O) groups excluding carboxylic acids is 1. The predicted molar refractivity (Wildman–Crippen MR) is 134 cm³/mol. The quantitative estimate of drug-likeness (QED) is 0.181. The van der Waals surface area contributed by atoms with E-state index in [1.165, 1.54) is 23.3 Å². The molecule has 0 amide bonds. The van der Waals surface area contributed by atoms with Crippen LogP contribution >= 0.6 is 0 Å². The molecule has 0 atom stereocenters. The van der Waals surface area contributed by atoms with Crippen molar-refractivity contribution in [2.24, 2.45) is 0 Å². The van der Waals surface area contributed by atoms with Crippen LogP contribution in [-0.2, 0) is 21.8 Å². The van der Waals surface area contributed by atoms with Gasteiger partial charge in [0.2, 0.25) is 6.08 Å². The second-order valence-electron chi connectivity index (χ2n) is 9.60. The maximum Gasteiger partial charge on any atom is 0.231 e. The molecule has 0 fully saturated rings. The van der Waals surface area contributed by atoms with Crippen molar-refractivity contribution < 1.29 is 18.0 Å². The summed E-state index contributed by atoms with van der Waals surface area (Å²) in [4.78, 5) is 8.35. The summed E-state index contributed by atoms with van der Waals surface area (Å²) in [5.41, 5.74) is 1.59. The van der Waals surface area contributed by atoms with Crippen molar-refractivity contribution in [3.8, 4) is 0 Å². The smallest absolute Gasteiger partial charge is 0.222 e. The van der Waals surface area contributed by atoms with E-state index in [4.69, 9.17) is 10.2 Å². The Morgan fingerprint density at radius 3 is 1.44 bits per heavy atom. The van der Waals surface area contributed by atoms with Crippen molar-refractivity contribution in [3.05, 3.63) is 102 Å². The van der Waals surface area contributed by atoms with E-state index in [1.54, 1.807) is 12.1 Å². The third-order valence-electron chi connectivity index (χ3n) is 6.03. The second-order valence-corrected chi connectivity index (χ2v) is 16.6. The minimum absolute atomic E-state index is 0.179. The van der Waals surface area contributed by atoms with Crippen molar-refractivity contribution in [2.75, 3.05) is 0 Å². The van der Waals surface area contributed by atoms with E-state index < -0.39 is 31.5 Å². The third-order valence-corrected chi connectivity index (χ3v) is 16.9. The Bertz CT molecular complexity index is 1020. The van der Waals surface area contributed by atoms with Gasteiger partial charge in [0.1, 0.15) is 0 Å². The van der Waals surface area contributed by atoms with Crippen LogP contribution in [0, 0.1) is 5.41 Å². The van der Waals surface area contributed by atoms with Gasteiger partial charge < -0.3 is 0 Å². The van der Waals surface area contributed by atoms with Crippen molar-refractivity contribution in [1.29, 1.82) is 5.41 Å². The average molecular weight is 573 g/mol. The number of hydrogen-bond acceptors (Lipinski definition) is 2. The topological polar surface area (TPSA) is 40.9 Å². The first-order chi connectivity index (χ1) is 15.9. The number of halogens is 3. The van der Waals surface area contributed by atoms with Crippen LogP contribution in [0.5, 0.6) is 0 Å². The fourth-order valence-electron chi connectivity index (χ4n) is 4.34. The van der Waals surface area contributed by atoms with Gasteiger partial charge in [-0.2, -0.15) is 0 Å². The SMILES string of the molecule is CC(C)([CH2][Sn]([CH2]C(C)(C)c1ccccc1)[c]1ccccc1C(F)(F)F)c1ccccc1.N=C=O. The van der Waals surface area contributed by atoms with Crippen LogP contribution in [-0.4, -0.2) is 25.8 Å². The summed E-state index contributed by atoms with van der Waals surface area (Å²) in [7, 11) is 0. The van der Waals surface area contributed by atoms with Crippen LogP contribution in [0.4, 0.5) is 13.2 Å². The molecule has 0 aliphatic rings. The fourth-order valence-corrected chi connectivity index (χ4v) is 15.7. The summed E-state index contributed by atoms with van der Waals surface area (Å²) in [5.74, 6) is 0. The zero-order valence-corrected chi connectivity index (χ0v) is 22.9. The van der Waals surface area contributed by atoms with Crippen molar-refractivity contribution in [2.45, 2.75) is 53.6 Å². The van der Waals surface area contributed by atoms with Gasteiger partial charge in [0.05, 0.1) is 0 Å². The molecule has 3 rings (SSSR count). The molecule has 34 heavy (non-hydrogen) atoms. The maximum absolute atomic E-state index is 14.0. The molecule has 0 aliphatic carbocycles. The minimum Gasteiger partial charge on any atom is -0.222 e. The van der Waals surface area contributed by atoms with E-state index in [2.05, 4.69) is 52.0 Å². The number of benzene rings is 3. The molecule has 3 aromatic carbocycles. The van der Waals surface area contributed by atoms with E-state index in [0.29, 0.717) is 3.58 Å². The van der Waals surface area contributed by atoms with E-state index in [9.17, 15) is 13.2 Å². The minimum atomic E-state index is -4.32. The van der Waals surface area contributed by atoms with E-state index >= 15 is 0 Å². The van der Waals surface area contributed by atoms with Crippen molar-refractivity contribution in [1.82, 2.24) is 0 Å². The molecule has 0 saturated carbocycles. The third kappa shape index (κ3) is 7.57. The first-order valence-corrected chi connectivity index (χ1v) is 16.5. The molecule has 0 bridgehead atoms. The second kappa shape index (κ2) is 11.9. The fraction of sp³-hybridized carbons (Fsp3) is 0.321. The molecule has 1 radical (unpaired) electrons. The predicted octanol–water partition coefficient (Wildman–Crippen LogP) is 7.26. The molecule has 3 aromatic rings. The Labute approximate surface area is 207 Å². The van der Waals surface area contributed by atoms with Crippen LogP contribution < -0.4 is 3.58 Å². The molecule has 2 nitrogen and oxygen atoms in total. The Kier molecular flexibility index (Phi) is 9.72. The Balaban J connectivity index is 0.00000129. The number of nitrogens with one attached hydrogen (secondary N) is 1. The Morgan fingerprint density at radius 2 is 1.06 bits per heavy atom. The largest absolute Gasteiger partial charge is 0.231 e. The molecule has 0 heterocycles. The van der Waals surface area contributed by atoms with Crippen LogP contribution in [0.1, 0.15) is 44.4 Å². The van der Waals surface area contributed by atoms with Gasteiger partial charge in [-0.1, -0.05) is 0 Å². The van der Waals surface area contributed by atoms with Crippen LogP contribution in [0.15, 0.2) is 84.9 Å². The average Bonchev–Trinajstić information content (AvgIpc) is 2.79. The summed E-state index contributed by atoms with van der Waals surface area (Å²) in [6, 6.07) is 26.7. The number of hydrogen-bond donors (Lipinski definition) is 1.